The predicted octanol–water partition coefficient (Wildman–Crippen LogP) is 3.71. The molecule has 0 saturated carbocycles. The van der Waals surface area contributed by atoms with Crippen molar-refractivity contribution >= 4 is 17.3 Å². The summed E-state index contributed by atoms with van der Waals surface area (Å²) < 4.78 is 5.58. The first kappa shape index (κ1) is 9.87. The molecule has 76 valence electrons. The summed E-state index contributed by atoms with van der Waals surface area (Å²) in [5.74, 6) is 1.36. The number of nitrogen functional groups attached to an aromatic ring is 1. The third-order valence-electron chi connectivity index (χ3n) is 1.94. The van der Waals surface area contributed by atoms with Crippen molar-refractivity contribution < 1.29 is 4.74 Å². The normalized spacial score (nSPS) is 9.93. The van der Waals surface area contributed by atoms with Crippen molar-refractivity contribution in [2.75, 3.05) is 5.73 Å². The fourth-order valence-corrected chi connectivity index (χ4v) is 1.36. The topological polar surface area (TPSA) is 35.2 Å². The maximum Gasteiger partial charge on any atom is 0.146 e. The van der Waals surface area contributed by atoms with Crippen molar-refractivity contribution in [1.82, 2.24) is 0 Å². The molecule has 0 aliphatic heterocycles. The van der Waals surface area contributed by atoms with Crippen LogP contribution in [-0.4, -0.2) is 0 Å². The zero-order valence-electron chi connectivity index (χ0n) is 7.98. The SMILES string of the molecule is Nc1ccc(Oc2ccccc2Cl)cc1. The second-order valence-corrected chi connectivity index (χ2v) is 3.51. The maximum absolute atomic E-state index is 5.96. The molecule has 0 fully saturated rings. The number of benzene rings is 2. The summed E-state index contributed by atoms with van der Waals surface area (Å²) in [5, 5.41) is 0.592. The quantitative estimate of drug-likeness (QED) is 0.782. The first-order valence-corrected chi connectivity index (χ1v) is 4.91. The second-order valence-electron chi connectivity index (χ2n) is 3.10. The number of rotatable bonds is 2. The van der Waals surface area contributed by atoms with Crippen LogP contribution in [0.25, 0.3) is 0 Å². The lowest BCUT2D eigenvalue weighted by Gasteiger charge is -2.06. The van der Waals surface area contributed by atoms with Gasteiger partial charge in [0.1, 0.15) is 11.5 Å². The van der Waals surface area contributed by atoms with Gasteiger partial charge in [-0.05, 0) is 36.4 Å². The average Bonchev–Trinajstić information content (AvgIpc) is 2.25. The van der Waals surface area contributed by atoms with Crippen LogP contribution >= 0.6 is 11.6 Å². The molecule has 2 N–H and O–H groups in total. The minimum absolute atomic E-state index is 0.592. The molecule has 2 rings (SSSR count). The first-order chi connectivity index (χ1) is 7.25. The summed E-state index contributed by atoms with van der Waals surface area (Å²) in [6, 6.07) is 14.5. The maximum atomic E-state index is 5.96. The van der Waals surface area contributed by atoms with Crippen molar-refractivity contribution in [3.05, 3.63) is 53.6 Å². The molecular weight excluding hydrogens is 210 g/mol. The summed E-state index contributed by atoms with van der Waals surface area (Å²) in [4.78, 5) is 0. The van der Waals surface area contributed by atoms with Gasteiger partial charge in [0.15, 0.2) is 0 Å². The van der Waals surface area contributed by atoms with E-state index in [0.717, 1.165) is 5.75 Å². The Kier molecular flexibility index (Phi) is 2.79. The van der Waals surface area contributed by atoms with Crippen LogP contribution < -0.4 is 10.5 Å². The molecule has 3 heteroatoms. The standard InChI is InChI=1S/C12H10ClNO/c13-11-3-1-2-4-12(11)15-10-7-5-9(14)6-8-10/h1-8H,14H2. The minimum Gasteiger partial charge on any atom is -0.456 e. The van der Waals surface area contributed by atoms with Gasteiger partial charge in [0.2, 0.25) is 0 Å². The van der Waals surface area contributed by atoms with Crippen molar-refractivity contribution in [2.24, 2.45) is 0 Å². The molecule has 0 aromatic heterocycles. The predicted molar refractivity (Wildman–Crippen MR) is 62.4 cm³/mol. The van der Waals surface area contributed by atoms with Crippen LogP contribution in [0.2, 0.25) is 5.02 Å². The van der Waals surface area contributed by atoms with Crippen LogP contribution in [-0.2, 0) is 0 Å². The summed E-state index contributed by atoms with van der Waals surface area (Å²) in [6.45, 7) is 0. The van der Waals surface area contributed by atoms with E-state index >= 15 is 0 Å². The molecule has 15 heavy (non-hydrogen) atoms. The number of anilines is 1. The van der Waals surface area contributed by atoms with E-state index in [1.54, 1.807) is 30.3 Å². The van der Waals surface area contributed by atoms with Gasteiger partial charge in [0, 0.05) is 5.69 Å². The second kappa shape index (κ2) is 4.24. The van der Waals surface area contributed by atoms with Crippen LogP contribution in [0.3, 0.4) is 0 Å². The van der Waals surface area contributed by atoms with E-state index in [1.165, 1.54) is 0 Å². The van der Waals surface area contributed by atoms with Gasteiger partial charge in [-0.1, -0.05) is 23.7 Å². The number of hydrogen-bond acceptors (Lipinski definition) is 2. The van der Waals surface area contributed by atoms with Gasteiger partial charge in [-0.3, -0.25) is 0 Å². The lowest BCUT2D eigenvalue weighted by atomic mass is 10.3. The monoisotopic (exact) mass is 219 g/mol. The fourth-order valence-electron chi connectivity index (χ4n) is 1.19. The Morgan fingerprint density at radius 3 is 2.27 bits per heavy atom. The van der Waals surface area contributed by atoms with Gasteiger partial charge in [0.25, 0.3) is 0 Å². The van der Waals surface area contributed by atoms with Crippen molar-refractivity contribution in [2.45, 2.75) is 0 Å². The Morgan fingerprint density at radius 2 is 1.60 bits per heavy atom. The van der Waals surface area contributed by atoms with Gasteiger partial charge in [0.05, 0.1) is 5.02 Å². The molecule has 0 heterocycles. The average molecular weight is 220 g/mol. The summed E-state index contributed by atoms with van der Waals surface area (Å²) >= 11 is 5.96. The van der Waals surface area contributed by atoms with E-state index in [1.807, 2.05) is 18.2 Å². The zero-order valence-corrected chi connectivity index (χ0v) is 8.74. The summed E-state index contributed by atoms with van der Waals surface area (Å²) in [6.07, 6.45) is 0. The van der Waals surface area contributed by atoms with Gasteiger partial charge in [-0.15, -0.1) is 0 Å². The molecule has 2 aromatic rings. The highest BCUT2D eigenvalue weighted by molar-refractivity contribution is 6.32. The van der Waals surface area contributed by atoms with E-state index in [2.05, 4.69) is 0 Å². The molecule has 0 spiro atoms. The van der Waals surface area contributed by atoms with Gasteiger partial charge >= 0.3 is 0 Å². The summed E-state index contributed by atoms with van der Waals surface area (Å²) in [5.41, 5.74) is 6.28. The molecule has 0 radical (unpaired) electrons. The molecule has 2 aromatic carbocycles. The van der Waals surface area contributed by atoms with E-state index in [9.17, 15) is 0 Å². The smallest absolute Gasteiger partial charge is 0.146 e. The zero-order chi connectivity index (χ0) is 10.7. The number of ether oxygens (including phenoxy) is 1. The molecule has 2 nitrogen and oxygen atoms in total. The molecule has 0 atom stereocenters. The van der Waals surface area contributed by atoms with Crippen LogP contribution in [0, 0.1) is 0 Å². The van der Waals surface area contributed by atoms with Crippen LogP contribution in [0.4, 0.5) is 5.69 Å². The number of halogens is 1. The van der Waals surface area contributed by atoms with Gasteiger partial charge in [-0.25, -0.2) is 0 Å². The van der Waals surface area contributed by atoms with Crippen LogP contribution in [0.5, 0.6) is 11.5 Å². The molecule has 0 bridgehead atoms. The van der Waals surface area contributed by atoms with Gasteiger partial charge < -0.3 is 10.5 Å². The van der Waals surface area contributed by atoms with E-state index < -0.39 is 0 Å². The van der Waals surface area contributed by atoms with Crippen LogP contribution in [0.1, 0.15) is 0 Å². The largest absolute Gasteiger partial charge is 0.456 e. The fraction of sp³-hybridized carbons (Fsp3) is 0. The molecule has 0 aliphatic rings. The lowest BCUT2D eigenvalue weighted by molar-refractivity contribution is 0.483. The molecule has 0 saturated heterocycles. The number of nitrogens with two attached hydrogens (primary N) is 1. The lowest BCUT2D eigenvalue weighted by Crippen LogP contribution is -1.86. The van der Waals surface area contributed by atoms with Crippen LogP contribution in [0.15, 0.2) is 48.5 Å². The van der Waals surface area contributed by atoms with Crippen molar-refractivity contribution in [3.63, 3.8) is 0 Å². The molecule has 0 aliphatic carbocycles. The van der Waals surface area contributed by atoms with Crippen molar-refractivity contribution in [1.29, 1.82) is 0 Å². The number of para-hydroxylation sites is 1. The molecular formula is C12H10ClNO. The van der Waals surface area contributed by atoms with Gasteiger partial charge in [-0.2, -0.15) is 0 Å². The number of hydrogen-bond donors (Lipinski definition) is 1. The highest BCUT2D eigenvalue weighted by atomic mass is 35.5. The highest BCUT2D eigenvalue weighted by Crippen LogP contribution is 2.28. The van der Waals surface area contributed by atoms with E-state index in [0.29, 0.717) is 16.5 Å². The third-order valence-corrected chi connectivity index (χ3v) is 2.26. The van der Waals surface area contributed by atoms with E-state index in [-0.39, 0.29) is 0 Å². The Hall–Kier alpha value is -1.67. The third kappa shape index (κ3) is 2.42. The minimum atomic E-state index is 0.592. The summed E-state index contributed by atoms with van der Waals surface area (Å²) in [7, 11) is 0. The highest BCUT2D eigenvalue weighted by Gasteiger charge is 2.00. The Morgan fingerprint density at radius 1 is 0.933 bits per heavy atom. The Labute approximate surface area is 93.2 Å². The first-order valence-electron chi connectivity index (χ1n) is 4.53. The Balaban J connectivity index is 2.22. The molecule has 0 unspecified atom stereocenters. The Bertz CT molecular complexity index is 453. The van der Waals surface area contributed by atoms with E-state index in [4.69, 9.17) is 22.1 Å². The molecule has 0 amide bonds. The van der Waals surface area contributed by atoms with Crippen molar-refractivity contribution in [3.8, 4) is 11.5 Å².